The minimum atomic E-state index is -0.427. The maximum Gasteiger partial charge on any atom is 0.307 e. The molecule has 0 unspecified atom stereocenters. The SMILES string of the molecule is C[C@@H](NC(=O)COC(=O)CCSc1ccc(F)cc1)c1cccs1. The molecule has 24 heavy (non-hydrogen) atoms. The molecule has 0 fully saturated rings. The highest BCUT2D eigenvalue weighted by atomic mass is 32.2. The maximum absolute atomic E-state index is 12.8. The van der Waals surface area contributed by atoms with Crippen molar-refractivity contribution in [1.29, 1.82) is 0 Å². The lowest BCUT2D eigenvalue weighted by Crippen LogP contribution is -2.30. The Bertz CT molecular complexity index is 659. The third-order valence-corrected chi connectivity index (χ3v) is 5.17. The Labute approximate surface area is 148 Å². The number of nitrogens with one attached hydrogen (secondary N) is 1. The van der Waals surface area contributed by atoms with Gasteiger partial charge in [0.15, 0.2) is 6.61 Å². The fraction of sp³-hybridized carbons (Fsp3) is 0.294. The van der Waals surface area contributed by atoms with Crippen molar-refractivity contribution in [2.45, 2.75) is 24.3 Å². The van der Waals surface area contributed by atoms with E-state index < -0.39 is 5.97 Å². The van der Waals surface area contributed by atoms with Crippen molar-refractivity contribution in [3.05, 3.63) is 52.5 Å². The summed E-state index contributed by atoms with van der Waals surface area (Å²) in [6, 6.07) is 9.82. The number of carbonyl (C=O) groups is 2. The Balaban J connectivity index is 1.62. The minimum Gasteiger partial charge on any atom is -0.456 e. The summed E-state index contributed by atoms with van der Waals surface area (Å²) in [5, 5.41) is 4.72. The molecule has 128 valence electrons. The number of thiophene rings is 1. The summed E-state index contributed by atoms with van der Waals surface area (Å²) in [6.07, 6.45) is 0.190. The van der Waals surface area contributed by atoms with Gasteiger partial charge in [0, 0.05) is 15.5 Å². The number of hydrogen-bond donors (Lipinski definition) is 1. The Morgan fingerprint density at radius 1 is 1.29 bits per heavy atom. The van der Waals surface area contributed by atoms with Crippen LogP contribution in [-0.4, -0.2) is 24.2 Å². The van der Waals surface area contributed by atoms with Gasteiger partial charge in [-0.1, -0.05) is 6.07 Å². The van der Waals surface area contributed by atoms with Crippen LogP contribution in [0.3, 0.4) is 0 Å². The number of rotatable bonds is 8. The van der Waals surface area contributed by atoms with Crippen molar-refractivity contribution in [3.63, 3.8) is 0 Å². The lowest BCUT2D eigenvalue weighted by Gasteiger charge is -2.12. The van der Waals surface area contributed by atoms with Crippen molar-refractivity contribution >= 4 is 35.0 Å². The molecule has 0 aliphatic carbocycles. The molecule has 2 aromatic rings. The Kier molecular flexibility index (Phi) is 7.27. The van der Waals surface area contributed by atoms with Gasteiger partial charge >= 0.3 is 5.97 Å². The van der Waals surface area contributed by atoms with Crippen LogP contribution in [0.4, 0.5) is 4.39 Å². The second-order valence-electron chi connectivity index (χ2n) is 5.02. The van der Waals surface area contributed by atoms with Crippen LogP contribution in [0.2, 0.25) is 0 Å². The van der Waals surface area contributed by atoms with Crippen LogP contribution in [0.5, 0.6) is 0 Å². The molecular formula is C17H18FNO3S2. The van der Waals surface area contributed by atoms with E-state index in [0.29, 0.717) is 5.75 Å². The summed E-state index contributed by atoms with van der Waals surface area (Å²) in [4.78, 5) is 25.3. The molecule has 0 saturated carbocycles. The molecule has 1 aromatic carbocycles. The Morgan fingerprint density at radius 3 is 2.71 bits per heavy atom. The molecule has 0 bridgehead atoms. The highest BCUT2D eigenvalue weighted by molar-refractivity contribution is 7.99. The van der Waals surface area contributed by atoms with Crippen LogP contribution in [0, 0.1) is 5.82 Å². The number of benzene rings is 1. The molecule has 4 nitrogen and oxygen atoms in total. The highest BCUT2D eigenvalue weighted by Gasteiger charge is 2.12. The summed E-state index contributed by atoms with van der Waals surface area (Å²) >= 11 is 2.99. The average Bonchev–Trinajstić information content (AvgIpc) is 3.09. The third kappa shape index (κ3) is 6.33. The van der Waals surface area contributed by atoms with Gasteiger partial charge in [0.25, 0.3) is 5.91 Å². The zero-order valence-corrected chi connectivity index (χ0v) is 14.8. The highest BCUT2D eigenvalue weighted by Crippen LogP contribution is 2.19. The Hall–Kier alpha value is -1.86. The van der Waals surface area contributed by atoms with Crippen LogP contribution < -0.4 is 5.32 Å². The van der Waals surface area contributed by atoms with Crippen LogP contribution >= 0.6 is 23.1 Å². The van der Waals surface area contributed by atoms with Crippen molar-refractivity contribution in [2.24, 2.45) is 0 Å². The maximum atomic E-state index is 12.8. The van der Waals surface area contributed by atoms with Gasteiger partial charge in [-0.25, -0.2) is 4.39 Å². The van der Waals surface area contributed by atoms with Gasteiger partial charge < -0.3 is 10.1 Å². The van der Waals surface area contributed by atoms with Crippen molar-refractivity contribution in [3.8, 4) is 0 Å². The lowest BCUT2D eigenvalue weighted by atomic mass is 10.3. The zero-order chi connectivity index (χ0) is 17.4. The molecular weight excluding hydrogens is 349 g/mol. The van der Waals surface area contributed by atoms with Crippen molar-refractivity contribution in [1.82, 2.24) is 5.32 Å². The van der Waals surface area contributed by atoms with E-state index in [1.165, 1.54) is 23.9 Å². The fourth-order valence-corrected chi connectivity index (χ4v) is 3.46. The number of hydrogen-bond acceptors (Lipinski definition) is 5. The molecule has 0 saturated heterocycles. The molecule has 0 spiro atoms. The van der Waals surface area contributed by atoms with Gasteiger partial charge in [-0.2, -0.15) is 0 Å². The van der Waals surface area contributed by atoms with Gasteiger partial charge in [0.05, 0.1) is 12.5 Å². The number of esters is 1. The van der Waals surface area contributed by atoms with Gasteiger partial charge in [0.1, 0.15) is 5.82 Å². The first-order valence-corrected chi connectivity index (χ1v) is 9.28. The summed E-state index contributed by atoms with van der Waals surface area (Å²) in [7, 11) is 0. The van der Waals surface area contributed by atoms with Gasteiger partial charge in [-0.15, -0.1) is 23.1 Å². The fourth-order valence-electron chi connectivity index (χ4n) is 1.89. The van der Waals surface area contributed by atoms with E-state index in [9.17, 15) is 14.0 Å². The normalized spacial score (nSPS) is 11.8. The summed E-state index contributed by atoms with van der Waals surface area (Å²) in [5.41, 5.74) is 0. The molecule has 0 radical (unpaired) electrons. The first-order valence-electron chi connectivity index (χ1n) is 7.41. The molecule has 7 heteroatoms. The first kappa shape index (κ1) is 18.5. The summed E-state index contributed by atoms with van der Waals surface area (Å²) in [5.74, 6) is -0.530. The topological polar surface area (TPSA) is 55.4 Å². The van der Waals surface area contributed by atoms with Crippen LogP contribution in [0.15, 0.2) is 46.7 Å². The monoisotopic (exact) mass is 367 g/mol. The number of amides is 1. The number of ether oxygens (including phenoxy) is 1. The molecule has 1 amide bonds. The molecule has 1 aromatic heterocycles. The van der Waals surface area contributed by atoms with E-state index in [-0.39, 0.29) is 30.8 Å². The molecule has 1 N–H and O–H groups in total. The molecule has 2 rings (SSSR count). The van der Waals surface area contributed by atoms with E-state index in [1.807, 2.05) is 24.4 Å². The third-order valence-electron chi connectivity index (χ3n) is 3.10. The summed E-state index contributed by atoms with van der Waals surface area (Å²) < 4.78 is 17.7. The average molecular weight is 367 g/mol. The minimum absolute atomic E-state index is 0.106. The number of carbonyl (C=O) groups excluding carboxylic acids is 2. The zero-order valence-electron chi connectivity index (χ0n) is 13.2. The largest absolute Gasteiger partial charge is 0.456 e. The Morgan fingerprint density at radius 2 is 2.04 bits per heavy atom. The van der Waals surface area contributed by atoms with E-state index in [1.54, 1.807) is 23.5 Å². The second-order valence-corrected chi connectivity index (χ2v) is 7.17. The predicted molar refractivity (Wildman–Crippen MR) is 93.6 cm³/mol. The standard InChI is InChI=1S/C17H18FNO3S2/c1-12(15-3-2-9-24-15)19-16(20)11-22-17(21)8-10-23-14-6-4-13(18)5-7-14/h2-7,9,12H,8,10-11H2,1H3,(H,19,20)/t12-/m1/s1. The van der Waals surface area contributed by atoms with Gasteiger partial charge in [-0.3, -0.25) is 9.59 Å². The lowest BCUT2D eigenvalue weighted by molar-refractivity contribution is -0.148. The van der Waals surface area contributed by atoms with Crippen LogP contribution in [0.1, 0.15) is 24.3 Å². The van der Waals surface area contributed by atoms with Crippen LogP contribution in [-0.2, 0) is 14.3 Å². The molecule has 0 aliphatic heterocycles. The summed E-state index contributed by atoms with van der Waals surface area (Å²) in [6.45, 7) is 1.60. The second kappa shape index (κ2) is 9.44. The van der Waals surface area contributed by atoms with Gasteiger partial charge in [-0.05, 0) is 42.6 Å². The van der Waals surface area contributed by atoms with E-state index in [0.717, 1.165) is 9.77 Å². The molecule has 0 aliphatic rings. The van der Waals surface area contributed by atoms with Crippen LogP contribution in [0.25, 0.3) is 0 Å². The van der Waals surface area contributed by atoms with E-state index in [4.69, 9.17) is 4.74 Å². The quantitative estimate of drug-likeness (QED) is 0.570. The van der Waals surface area contributed by atoms with E-state index in [2.05, 4.69) is 5.32 Å². The number of halogens is 1. The van der Waals surface area contributed by atoms with E-state index >= 15 is 0 Å². The number of thioether (sulfide) groups is 1. The predicted octanol–water partition coefficient (Wildman–Crippen LogP) is 3.79. The van der Waals surface area contributed by atoms with Crippen molar-refractivity contribution < 1.29 is 18.7 Å². The van der Waals surface area contributed by atoms with Gasteiger partial charge in [0.2, 0.25) is 0 Å². The first-order chi connectivity index (χ1) is 11.5. The van der Waals surface area contributed by atoms with Crippen molar-refractivity contribution in [2.75, 3.05) is 12.4 Å². The molecule has 1 heterocycles. The molecule has 1 atom stereocenters. The smallest absolute Gasteiger partial charge is 0.307 e.